The highest BCUT2D eigenvalue weighted by molar-refractivity contribution is 5.89. The van der Waals surface area contributed by atoms with Crippen LogP contribution < -0.4 is 5.32 Å². The summed E-state index contributed by atoms with van der Waals surface area (Å²) in [7, 11) is 0. The summed E-state index contributed by atoms with van der Waals surface area (Å²) in [6.45, 7) is 0.718. The van der Waals surface area contributed by atoms with Crippen molar-refractivity contribution in [2.45, 2.75) is 51.2 Å². The first kappa shape index (κ1) is 19.5. The number of anilines is 1. The zero-order valence-corrected chi connectivity index (χ0v) is 15.0. The lowest BCUT2D eigenvalue weighted by atomic mass is 9.95. The maximum Gasteiger partial charge on any atom is 0.394 e. The molecule has 7 nitrogen and oxygen atoms in total. The Hall–Kier alpha value is -2.26. The molecule has 1 aromatic heterocycles. The predicted octanol–water partition coefficient (Wildman–Crippen LogP) is 3.42. The van der Waals surface area contributed by atoms with E-state index in [1.165, 1.54) is 6.42 Å². The van der Waals surface area contributed by atoms with E-state index >= 15 is 0 Å². The topological polar surface area (TPSA) is 87.5 Å². The van der Waals surface area contributed by atoms with Gasteiger partial charge in [-0.25, -0.2) is 4.79 Å². The molecule has 2 heterocycles. The van der Waals surface area contributed by atoms with Crippen LogP contribution in [0.15, 0.2) is 6.07 Å². The Kier molecular flexibility index (Phi) is 5.34. The fourth-order valence-electron chi connectivity index (χ4n) is 3.98. The number of hydrogen-bond acceptors (Lipinski definition) is 3. The molecule has 150 valence electrons. The number of carbonyl (C=O) groups is 2. The number of likely N-dealkylation sites (tertiary alicyclic amines) is 1. The third kappa shape index (κ3) is 4.19. The highest BCUT2D eigenvalue weighted by atomic mass is 19.4. The van der Waals surface area contributed by atoms with Gasteiger partial charge in [-0.3, -0.25) is 14.8 Å². The summed E-state index contributed by atoms with van der Waals surface area (Å²) in [6, 6.07) is 1.18. The average Bonchev–Trinajstić information content (AvgIpc) is 3.19. The number of aryl methyl sites for hydroxylation is 1. The molecule has 2 atom stereocenters. The fourth-order valence-corrected chi connectivity index (χ4v) is 3.98. The summed E-state index contributed by atoms with van der Waals surface area (Å²) in [5, 5.41) is 15.9. The molecule has 0 spiro atoms. The van der Waals surface area contributed by atoms with Crippen LogP contribution in [0.4, 0.5) is 23.8 Å². The van der Waals surface area contributed by atoms with Gasteiger partial charge in [-0.1, -0.05) is 19.3 Å². The van der Waals surface area contributed by atoms with Crippen LogP contribution in [0.3, 0.4) is 0 Å². The summed E-state index contributed by atoms with van der Waals surface area (Å²) < 4.78 is 41.0. The van der Waals surface area contributed by atoms with Crippen LogP contribution >= 0.6 is 0 Å². The van der Waals surface area contributed by atoms with Crippen LogP contribution in [-0.4, -0.2) is 51.1 Å². The number of urea groups is 1. The van der Waals surface area contributed by atoms with Crippen molar-refractivity contribution in [1.82, 2.24) is 14.7 Å². The monoisotopic (exact) mass is 388 g/mol. The number of nitrogens with zero attached hydrogens (tertiary/aromatic N) is 3. The highest BCUT2D eigenvalue weighted by Gasteiger charge is 2.53. The summed E-state index contributed by atoms with van der Waals surface area (Å²) in [5.74, 6) is -5.00. The molecule has 2 amide bonds. The van der Waals surface area contributed by atoms with Gasteiger partial charge in [0.2, 0.25) is 0 Å². The SMILES string of the molecule is Cc1cc(NC(=O)N2C[C@@H](C(F)(F)F)[C@H](C(=O)O)C2)nn1C1CCCCC1. The van der Waals surface area contributed by atoms with E-state index in [1.54, 1.807) is 6.07 Å². The second-order valence-corrected chi connectivity index (χ2v) is 7.34. The molecule has 1 aromatic rings. The van der Waals surface area contributed by atoms with Crippen LogP contribution in [0.1, 0.15) is 43.8 Å². The largest absolute Gasteiger partial charge is 0.481 e. The number of carboxylic acid groups (broad SMARTS) is 1. The lowest BCUT2D eigenvalue weighted by Gasteiger charge is -2.23. The molecule has 1 saturated carbocycles. The third-order valence-electron chi connectivity index (χ3n) is 5.42. The number of carboxylic acids is 1. The minimum absolute atomic E-state index is 0.266. The third-order valence-corrected chi connectivity index (χ3v) is 5.42. The Morgan fingerprint density at radius 1 is 1.22 bits per heavy atom. The van der Waals surface area contributed by atoms with Gasteiger partial charge in [-0.2, -0.15) is 18.3 Å². The highest BCUT2D eigenvalue weighted by Crippen LogP contribution is 2.38. The molecule has 0 bridgehead atoms. The van der Waals surface area contributed by atoms with Crippen molar-refractivity contribution in [2.75, 3.05) is 18.4 Å². The summed E-state index contributed by atoms with van der Waals surface area (Å²) in [4.78, 5) is 24.4. The molecule has 2 aliphatic rings. The van der Waals surface area contributed by atoms with Gasteiger partial charge in [0.05, 0.1) is 17.9 Å². The molecule has 0 aromatic carbocycles. The van der Waals surface area contributed by atoms with Crippen molar-refractivity contribution in [1.29, 1.82) is 0 Å². The molecule has 10 heteroatoms. The zero-order valence-electron chi connectivity index (χ0n) is 15.0. The van der Waals surface area contributed by atoms with Crippen LogP contribution in [0.5, 0.6) is 0 Å². The first-order valence-corrected chi connectivity index (χ1v) is 9.08. The minimum atomic E-state index is -4.67. The van der Waals surface area contributed by atoms with Crippen molar-refractivity contribution in [3.63, 3.8) is 0 Å². The first-order chi connectivity index (χ1) is 12.7. The number of amides is 2. The maximum atomic E-state index is 13.1. The van der Waals surface area contributed by atoms with Gasteiger partial charge < -0.3 is 10.0 Å². The normalized spacial score (nSPS) is 24.2. The first-order valence-electron chi connectivity index (χ1n) is 9.08. The number of aromatic nitrogens is 2. The number of aliphatic carboxylic acids is 1. The minimum Gasteiger partial charge on any atom is -0.481 e. The molecule has 0 radical (unpaired) electrons. The number of hydrogen-bond donors (Lipinski definition) is 2. The lowest BCUT2D eigenvalue weighted by Crippen LogP contribution is -2.35. The number of alkyl halides is 3. The molecular weight excluding hydrogens is 365 g/mol. The van der Waals surface area contributed by atoms with E-state index in [4.69, 9.17) is 5.11 Å². The van der Waals surface area contributed by atoms with Crippen molar-refractivity contribution < 1.29 is 27.9 Å². The van der Waals surface area contributed by atoms with Crippen LogP contribution in [0.25, 0.3) is 0 Å². The van der Waals surface area contributed by atoms with E-state index in [-0.39, 0.29) is 11.9 Å². The molecule has 27 heavy (non-hydrogen) atoms. The number of halogens is 3. The van der Waals surface area contributed by atoms with E-state index < -0.39 is 43.1 Å². The zero-order chi connectivity index (χ0) is 19.8. The molecule has 3 rings (SSSR count). The Balaban J connectivity index is 1.68. The number of rotatable bonds is 3. The van der Waals surface area contributed by atoms with Gasteiger partial charge in [0.1, 0.15) is 0 Å². The van der Waals surface area contributed by atoms with E-state index in [2.05, 4.69) is 10.4 Å². The molecule has 0 unspecified atom stereocenters. The summed E-state index contributed by atoms with van der Waals surface area (Å²) >= 11 is 0. The van der Waals surface area contributed by atoms with Crippen LogP contribution in [-0.2, 0) is 4.79 Å². The van der Waals surface area contributed by atoms with E-state index in [9.17, 15) is 22.8 Å². The molecule has 1 aliphatic carbocycles. The van der Waals surface area contributed by atoms with Gasteiger partial charge in [0, 0.05) is 24.8 Å². The quantitative estimate of drug-likeness (QED) is 0.831. The predicted molar refractivity (Wildman–Crippen MR) is 90.3 cm³/mol. The van der Waals surface area contributed by atoms with Gasteiger partial charge in [0.15, 0.2) is 5.82 Å². The number of carbonyl (C=O) groups excluding carboxylic acids is 1. The second-order valence-electron chi connectivity index (χ2n) is 7.34. The second kappa shape index (κ2) is 7.40. The Morgan fingerprint density at radius 2 is 1.89 bits per heavy atom. The van der Waals surface area contributed by atoms with E-state index in [0.29, 0.717) is 0 Å². The van der Waals surface area contributed by atoms with Gasteiger partial charge in [0.25, 0.3) is 0 Å². The molecule has 2 N–H and O–H groups in total. The van der Waals surface area contributed by atoms with E-state index in [0.717, 1.165) is 36.3 Å². The Labute approximate surface area is 154 Å². The van der Waals surface area contributed by atoms with Crippen LogP contribution in [0, 0.1) is 18.8 Å². The Bertz CT molecular complexity index is 713. The molecule has 1 saturated heterocycles. The maximum absolute atomic E-state index is 13.1. The number of nitrogens with one attached hydrogen (secondary N) is 1. The fraction of sp³-hybridized carbons (Fsp3) is 0.706. The van der Waals surface area contributed by atoms with Crippen molar-refractivity contribution in [2.24, 2.45) is 11.8 Å². The van der Waals surface area contributed by atoms with Crippen molar-refractivity contribution >= 4 is 17.8 Å². The smallest absolute Gasteiger partial charge is 0.394 e. The van der Waals surface area contributed by atoms with Crippen molar-refractivity contribution in [3.05, 3.63) is 11.8 Å². The average molecular weight is 388 g/mol. The van der Waals surface area contributed by atoms with Gasteiger partial charge >= 0.3 is 18.2 Å². The molecular formula is C17H23F3N4O3. The molecule has 2 fully saturated rings. The van der Waals surface area contributed by atoms with Crippen LogP contribution in [0.2, 0.25) is 0 Å². The van der Waals surface area contributed by atoms with Gasteiger partial charge in [-0.05, 0) is 19.8 Å². The van der Waals surface area contributed by atoms with Gasteiger partial charge in [-0.15, -0.1) is 0 Å². The standard InChI is InChI=1S/C17H23F3N4O3/c1-10-7-14(22-24(10)11-5-3-2-4-6-11)21-16(27)23-8-12(15(25)26)13(9-23)17(18,19)20/h7,11-13H,2-6,8-9H2,1H3,(H,25,26)(H,21,22,27)/t12-,13-/m1/s1. The summed E-state index contributed by atoms with van der Waals surface area (Å²) in [6.07, 6.45) is 0.784. The Morgan fingerprint density at radius 3 is 2.44 bits per heavy atom. The summed E-state index contributed by atoms with van der Waals surface area (Å²) in [5.41, 5.74) is 0.871. The molecule has 1 aliphatic heterocycles. The van der Waals surface area contributed by atoms with E-state index in [1.807, 2.05) is 11.6 Å². The lowest BCUT2D eigenvalue weighted by molar-refractivity contribution is -0.187. The van der Waals surface area contributed by atoms with Crippen molar-refractivity contribution in [3.8, 4) is 0 Å².